The summed E-state index contributed by atoms with van der Waals surface area (Å²) in [6, 6.07) is 6.79. The Labute approximate surface area is 175 Å². The van der Waals surface area contributed by atoms with Crippen molar-refractivity contribution in [1.29, 1.82) is 0 Å². The second-order valence-electron chi connectivity index (χ2n) is 6.19. The third-order valence-electron chi connectivity index (χ3n) is 4.20. The smallest absolute Gasteiger partial charge is 0.416 e. The van der Waals surface area contributed by atoms with E-state index in [-0.39, 0.29) is 28.9 Å². The zero-order valence-corrected chi connectivity index (χ0v) is 17.1. The van der Waals surface area contributed by atoms with E-state index in [1.165, 1.54) is 25.1 Å². The molecule has 2 aromatic rings. The molecule has 0 radical (unpaired) electrons. The maximum Gasteiger partial charge on any atom is 0.416 e. The first-order chi connectivity index (χ1) is 14.0. The van der Waals surface area contributed by atoms with Gasteiger partial charge in [-0.2, -0.15) is 13.2 Å². The topological polar surface area (TPSA) is 84.9 Å². The van der Waals surface area contributed by atoms with Gasteiger partial charge < -0.3 is 14.8 Å². The van der Waals surface area contributed by atoms with Crippen LogP contribution in [0.5, 0.6) is 11.5 Å². The zero-order valence-electron chi connectivity index (χ0n) is 15.5. The number of ether oxygens (including phenoxy) is 2. The minimum absolute atomic E-state index is 0.0200. The Morgan fingerprint density at radius 3 is 2.53 bits per heavy atom. The van der Waals surface area contributed by atoms with Crippen LogP contribution in [0.25, 0.3) is 0 Å². The van der Waals surface area contributed by atoms with E-state index in [9.17, 15) is 26.4 Å². The van der Waals surface area contributed by atoms with Crippen LogP contribution in [0.4, 0.5) is 24.5 Å². The monoisotopic (exact) mass is 464 g/mol. The molecule has 0 spiro atoms. The Morgan fingerprint density at radius 1 is 1.17 bits per heavy atom. The maximum absolute atomic E-state index is 12.9. The van der Waals surface area contributed by atoms with Crippen molar-refractivity contribution in [3.8, 4) is 11.5 Å². The van der Waals surface area contributed by atoms with E-state index in [1.54, 1.807) is 0 Å². The molecule has 7 nitrogen and oxygen atoms in total. The lowest BCUT2D eigenvalue weighted by Crippen LogP contribution is -2.39. The van der Waals surface area contributed by atoms with Gasteiger partial charge in [0.2, 0.25) is 22.7 Å². The van der Waals surface area contributed by atoms with Gasteiger partial charge in [0, 0.05) is 6.07 Å². The Morgan fingerprint density at radius 2 is 1.87 bits per heavy atom. The molecule has 30 heavy (non-hydrogen) atoms. The van der Waals surface area contributed by atoms with Crippen molar-refractivity contribution in [2.45, 2.75) is 13.1 Å². The standard InChI is InChI=1S/C18H16ClF3N2O5S/c1-2-30(26,27)24(12-4-6-15-16(8-12)29-10-28-15)9-17(25)23-14-7-11(18(20,21)22)3-5-13(14)19/h3-8H,2,9-10H2,1H3,(H,23,25). The SMILES string of the molecule is CCS(=O)(=O)N(CC(=O)Nc1cc(C(F)(F)F)ccc1Cl)c1ccc2c(c1)OCO2. The van der Waals surface area contributed by atoms with Gasteiger partial charge in [-0.05, 0) is 37.3 Å². The Balaban J connectivity index is 1.86. The predicted molar refractivity (Wildman–Crippen MR) is 104 cm³/mol. The average Bonchev–Trinajstić information content (AvgIpc) is 3.14. The summed E-state index contributed by atoms with van der Waals surface area (Å²) in [5.41, 5.74) is -1.14. The summed E-state index contributed by atoms with van der Waals surface area (Å²) in [5.74, 6) is -0.442. The summed E-state index contributed by atoms with van der Waals surface area (Å²) < 4.78 is 75.1. The fourth-order valence-electron chi connectivity index (χ4n) is 2.66. The number of hydrogen-bond acceptors (Lipinski definition) is 5. The predicted octanol–water partition coefficient (Wildman–Crippen LogP) is 3.88. The number of rotatable bonds is 6. The normalized spacial score (nSPS) is 13.2. The molecule has 0 atom stereocenters. The van der Waals surface area contributed by atoms with E-state index in [0.29, 0.717) is 17.6 Å². The van der Waals surface area contributed by atoms with Crippen LogP contribution in [0.3, 0.4) is 0 Å². The molecular weight excluding hydrogens is 449 g/mol. The maximum atomic E-state index is 12.9. The summed E-state index contributed by atoms with van der Waals surface area (Å²) >= 11 is 5.88. The zero-order chi connectivity index (χ0) is 22.1. The number of amides is 1. The van der Waals surface area contributed by atoms with E-state index in [1.807, 2.05) is 0 Å². The van der Waals surface area contributed by atoms with Gasteiger partial charge in [-0.3, -0.25) is 9.10 Å². The number of fused-ring (bicyclic) bond motifs is 1. The molecule has 0 unspecified atom stereocenters. The molecule has 0 fully saturated rings. The number of benzene rings is 2. The number of nitrogens with one attached hydrogen (secondary N) is 1. The first-order valence-electron chi connectivity index (χ1n) is 8.58. The number of halogens is 4. The van der Waals surface area contributed by atoms with Crippen LogP contribution in [0.1, 0.15) is 12.5 Å². The number of carbonyl (C=O) groups excluding carboxylic acids is 1. The van der Waals surface area contributed by atoms with E-state index in [4.69, 9.17) is 21.1 Å². The van der Waals surface area contributed by atoms with Crippen molar-refractivity contribution in [1.82, 2.24) is 0 Å². The summed E-state index contributed by atoms with van der Waals surface area (Å²) in [6.45, 7) is 0.702. The average molecular weight is 465 g/mol. The van der Waals surface area contributed by atoms with E-state index in [0.717, 1.165) is 16.4 Å². The van der Waals surface area contributed by atoms with Crippen LogP contribution < -0.4 is 19.1 Å². The molecule has 1 N–H and O–H groups in total. The minimum atomic E-state index is -4.63. The molecule has 1 heterocycles. The molecule has 0 saturated carbocycles. The van der Waals surface area contributed by atoms with Gasteiger partial charge in [-0.25, -0.2) is 8.42 Å². The third kappa shape index (κ3) is 4.73. The van der Waals surface area contributed by atoms with Crippen molar-refractivity contribution in [2.75, 3.05) is 28.7 Å². The van der Waals surface area contributed by atoms with Gasteiger partial charge in [0.15, 0.2) is 11.5 Å². The van der Waals surface area contributed by atoms with Crippen LogP contribution >= 0.6 is 11.6 Å². The molecular formula is C18H16ClF3N2O5S. The van der Waals surface area contributed by atoms with E-state index < -0.39 is 34.2 Å². The minimum Gasteiger partial charge on any atom is -0.454 e. The highest BCUT2D eigenvalue weighted by Gasteiger charge is 2.31. The summed E-state index contributed by atoms with van der Waals surface area (Å²) in [7, 11) is -3.90. The highest BCUT2D eigenvalue weighted by Crippen LogP contribution is 2.37. The molecule has 0 bridgehead atoms. The Hall–Kier alpha value is -2.66. The second-order valence-corrected chi connectivity index (χ2v) is 8.77. The molecule has 0 aromatic heterocycles. The fourth-order valence-corrected chi connectivity index (χ4v) is 3.89. The van der Waals surface area contributed by atoms with Crippen molar-refractivity contribution in [3.63, 3.8) is 0 Å². The molecule has 1 amide bonds. The number of alkyl halides is 3. The highest BCUT2D eigenvalue weighted by molar-refractivity contribution is 7.92. The second kappa shape index (κ2) is 8.23. The number of hydrogen-bond donors (Lipinski definition) is 1. The van der Waals surface area contributed by atoms with Gasteiger partial charge >= 0.3 is 6.18 Å². The van der Waals surface area contributed by atoms with Crippen LogP contribution in [-0.2, 0) is 21.0 Å². The molecule has 0 saturated heterocycles. The number of anilines is 2. The van der Waals surface area contributed by atoms with Crippen molar-refractivity contribution in [3.05, 3.63) is 47.0 Å². The first-order valence-corrected chi connectivity index (χ1v) is 10.6. The lowest BCUT2D eigenvalue weighted by molar-refractivity contribution is -0.137. The largest absolute Gasteiger partial charge is 0.454 e. The quantitative estimate of drug-likeness (QED) is 0.701. The van der Waals surface area contributed by atoms with E-state index in [2.05, 4.69) is 5.32 Å². The van der Waals surface area contributed by atoms with Gasteiger partial charge in [0.25, 0.3) is 0 Å². The van der Waals surface area contributed by atoms with Crippen molar-refractivity contribution in [2.24, 2.45) is 0 Å². The lowest BCUT2D eigenvalue weighted by Gasteiger charge is -2.23. The fraction of sp³-hybridized carbons (Fsp3) is 0.278. The summed E-state index contributed by atoms with van der Waals surface area (Å²) in [5, 5.41) is 2.12. The van der Waals surface area contributed by atoms with Crippen molar-refractivity contribution < 1.29 is 35.9 Å². The molecule has 1 aliphatic rings. The molecule has 162 valence electrons. The molecule has 3 rings (SSSR count). The Bertz CT molecular complexity index is 1080. The molecule has 12 heteroatoms. The van der Waals surface area contributed by atoms with E-state index >= 15 is 0 Å². The van der Waals surface area contributed by atoms with Crippen molar-refractivity contribution >= 4 is 38.9 Å². The van der Waals surface area contributed by atoms with Crippen LogP contribution in [0.15, 0.2) is 36.4 Å². The molecule has 1 aliphatic heterocycles. The van der Waals surface area contributed by atoms with Gasteiger partial charge in [-0.15, -0.1) is 0 Å². The van der Waals surface area contributed by atoms with Gasteiger partial charge in [0.1, 0.15) is 6.54 Å². The molecule has 2 aromatic carbocycles. The van der Waals surface area contributed by atoms with Gasteiger partial charge in [-0.1, -0.05) is 11.6 Å². The number of nitrogens with zero attached hydrogens (tertiary/aromatic N) is 1. The van der Waals surface area contributed by atoms with Crippen LogP contribution in [0.2, 0.25) is 5.02 Å². The summed E-state index contributed by atoms with van der Waals surface area (Å²) in [6.07, 6.45) is -4.63. The number of carbonyl (C=O) groups is 1. The first kappa shape index (κ1) is 22.0. The summed E-state index contributed by atoms with van der Waals surface area (Å²) in [4.78, 5) is 12.5. The lowest BCUT2D eigenvalue weighted by atomic mass is 10.2. The van der Waals surface area contributed by atoms with Crippen LogP contribution in [0, 0.1) is 0 Å². The van der Waals surface area contributed by atoms with Crippen LogP contribution in [-0.4, -0.2) is 33.4 Å². The third-order valence-corrected chi connectivity index (χ3v) is 6.27. The molecule has 0 aliphatic carbocycles. The van der Waals surface area contributed by atoms with Gasteiger partial charge in [0.05, 0.1) is 27.7 Å². The number of sulfonamides is 1. The Kier molecular flexibility index (Phi) is 6.04. The highest BCUT2D eigenvalue weighted by atomic mass is 35.5.